The molecule has 1 aliphatic carbocycles. The summed E-state index contributed by atoms with van der Waals surface area (Å²) in [5.74, 6) is 1.80. The molecule has 5 heteroatoms. The molecule has 2 aromatic rings. The minimum Gasteiger partial charge on any atom is -0.494 e. The van der Waals surface area contributed by atoms with Crippen LogP contribution in [0.5, 0.6) is 5.75 Å². The highest BCUT2D eigenvalue weighted by Crippen LogP contribution is 2.42. The Kier molecular flexibility index (Phi) is 4.00. The van der Waals surface area contributed by atoms with Crippen LogP contribution in [0.2, 0.25) is 0 Å². The van der Waals surface area contributed by atoms with Crippen LogP contribution in [0.3, 0.4) is 0 Å². The number of fused-ring (bicyclic) bond motifs is 1. The van der Waals surface area contributed by atoms with Crippen molar-refractivity contribution in [1.29, 1.82) is 0 Å². The van der Waals surface area contributed by atoms with E-state index in [0.717, 1.165) is 35.5 Å². The van der Waals surface area contributed by atoms with E-state index < -0.39 is 0 Å². The van der Waals surface area contributed by atoms with Gasteiger partial charge in [-0.15, -0.1) is 0 Å². The number of hydrogen-bond acceptors (Lipinski definition) is 3. The predicted molar refractivity (Wildman–Crippen MR) is 92.4 cm³/mol. The summed E-state index contributed by atoms with van der Waals surface area (Å²) < 4.78 is 7.83. The van der Waals surface area contributed by atoms with E-state index in [-0.39, 0.29) is 11.8 Å². The molecule has 1 aromatic carbocycles. The fourth-order valence-corrected chi connectivity index (χ4v) is 4.00. The number of benzene rings is 1. The summed E-state index contributed by atoms with van der Waals surface area (Å²) in [6, 6.07) is 8.43. The van der Waals surface area contributed by atoms with Gasteiger partial charge in [0.25, 0.3) is 0 Å². The number of nitrogens with one attached hydrogen (secondary N) is 1. The van der Waals surface area contributed by atoms with Crippen LogP contribution in [0.25, 0.3) is 0 Å². The van der Waals surface area contributed by atoms with Crippen molar-refractivity contribution in [2.45, 2.75) is 51.0 Å². The highest BCUT2D eigenvalue weighted by molar-refractivity contribution is 5.94. The van der Waals surface area contributed by atoms with Gasteiger partial charge < -0.3 is 10.1 Å². The zero-order valence-corrected chi connectivity index (χ0v) is 14.0. The lowest BCUT2D eigenvalue weighted by Gasteiger charge is -2.26. The fourth-order valence-electron chi connectivity index (χ4n) is 4.00. The van der Waals surface area contributed by atoms with E-state index in [4.69, 9.17) is 4.74 Å². The third-order valence-corrected chi connectivity index (χ3v) is 5.11. The Labute approximate surface area is 142 Å². The van der Waals surface area contributed by atoms with E-state index in [1.807, 2.05) is 36.0 Å². The molecule has 2 aliphatic rings. The molecule has 1 aliphatic heterocycles. The van der Waals surface area contributed by atoms with Crippen LogP contribution in [0.4, 0.5) is 5.82 Å². The second kappa shape index (κ2) is 6.30. The molecule has 5 nitrogen and oxygen atoms in total. The Balaban J connectivity index is 1.76. The quantitative estimate of drug-likeness (QED) is 0.928. The highest BCUT2D eigenvalue weighted by Gasteiger charge is 2.33. The smallest absolute Gasteiger partial charge is 0.226 e. The number of hydrogen-bond donors (Lipinski definition) is 1. The van der Waals surface area contributed by atoms with Gasteiger partial charge in [-0.25, -0.2) is 4.68 Å². The lowest BCUT2D eigenvalue weighted by molar-refractivity contribution is -0.116. The molecule has 1 N–H and O–H groups in total. The average molecular weight is 325 g/mol. The van der Waals surface area contributed by atoms with Crippen LogP contribution >= 0.6 is 0 Å². The van der Waals surface area contributed by atoms with Gasteiger partial charge in [0.15, 0.2) is 0 Å². The van der Waals surface area contributed by atoms with Gasteiger partial charge in [0.1, 0.15) is 11.6 Å². The molecular weight excluding hydrogens is 302 g/mol. The van der Waals surface area contributed by atoms with Gasteiger partial charge in [0, 0.05) is 23.5 Å². The minimum absolute atomic E-state index is 0.00616. The number of rotatable bonds is 4. The summed E-state index contributed by atoms with van der Waals surface area (Å²) in [7, 11) is 0. The van der Waals surface area contributed by atoms with Crippen LogP contribution < -0.4 is 10.1 Å². The number of carbonyl (C=O) groups is 1. The summed E-state index contributed by atoms with van der Waals surface area (Å²) in [5, 5.41) is 7.68. The number of anilines is 1. The zero-order valence-electron chi connectivity index (χ0n) is 14.0. The molecule has 0 unspecified atom stereocenters. The van der Waals surface area contributed by atoms with Crippen molar-refractivity contribution < 1.29 is 9.53 Å². The van der Waals surface area contributed by atoms with Crippen molar-refractivity contribution in [1.82, 2.24) is 9.78 Å². The molecule has 4 rings (SSSR count). The normalized spacial score (nSPS) is 20.7. The van der Waals surface area contributed by atoms with Gasteiger partial charge in [-0.1, -0.05) is 31.0 Å². The maximum atomic E-state index is 12.4. The van der Waals surface area contributed by atoms with Crippen molar-refractivity contribution in [2.24, 2.45) is 0 Å². The molecule has 1 saturated carbocycles. The van der Waals surface area contributed by atoms with Gasteiger partial charge in [-0.05, 0) is 25.8 Å². The monoisotopic (exact) mass is 325 g/mol. The second-order valence-electron chi connectivity index (χ2n) is 6.61. The minimum atomic E-state index is 0.00616. The third kappa shape index (κ3) is 2.58. The van der Waals surface area contributed by atoms with Crippen molar-refractivity contribution in [3.05, 3.63) is 41.6 Å². The van der Waals surface area contributed by atoms with E-state index in [0.29, 0.717) is 19.1 Å². The fraction of sp³-hybridized carbons (Fsp3) is 0.474. The maximum absolute atomic E-state index is 12.4. The Hall–Kier alpha value is -2.30. The van der Waals surface area contributed by atoms with Gasteiger partial charge >= 0.3 is 0 Å². The third-order valence-electron chi connectivity index (χ3n) is 5.11. The SMILES string of the molecule is CCOc1ccccc1[C@@H]1CC(=O)Nc2c1cnn2C1CCCC1. The largest absolute Gasteiger partial charge is 0.494 e. The number of nitrogens with zero attached hydrogens (tertiary/aromatic N) is 2. The van der Waals surface area contributed by atoms with E-state index >= 15 is 0 Å². The van der Waals surface area contributed by atoms with Crippen LogP contribution in [-0.4, -0.2) is 22.3 Å². The van der Waals surface area contributed by atoms with Crippen molar-refractivity contribution in [3.63, 3.8) is 0 Å². The highest BCUT2D eigenvalue weighted by atomic mass is 16.5. The number of ether oxygens (including phenoxy) is 1. The molecule has 2 heterocycles. The van der Waals surface area contributed by atoms with E-state index in [1.165, 1.54) is 12.8 Å². The first-order chi connectivity index (χ1) is 11.8. The molecule has 1 aromatic heterocycles. The number of aromatic nitrogens is 2. The standard InChI is InChI=1S/C19H23N3O2/c1-2-24-17-10-6-5-9-14(17)15-11-18(23)21-19-16(15)12-20-22(19)13-7-3-4-8-13/h5-6,9-10,12-13,15H,2-4,7-8,11H2,1H3,(H,21,23)/t15-/m0/s1. The first kappa shape index (κ1) is 15.2. The van der Waals surface area contributed by atoms with E-state index in [1.54, 1.807) is 0 Å². The van der Waals surface area contributed by atoms with Crippen LogP contribution in [0, 0.1) is 0 Å². The van der Waals surface area contributed by atoms with Gasteiger partial charge in [0.05, 0.1) is 18.8 Å². The lowest BCUT2D eigenvalue weighted by atomic mass is 9.87. The average Bonchev–Trinajstić information content (AvgIpc) is 3.24. The van der Waals surface area contributed by atoms with E-state index in [2.05, 4.69) is 16.5 Å². The molecule has 0 bridgehead atoms. The first-order valence-corrected chi connectivity index (χ1v) is 8.87. The topological polar surface area (TPSA) is 56.1 Å². The Morgan fingerprint density at radius 1 is 1.25 bits per heavy atom. The molecule has 0 saturated heterocycles. The second-order valence-corrected chi connectivity index (χ2v) is 6.61. The van der Waals surface area contributed by atoms with E-state index in [9.17, 15) is 4.79 Å². The summed E-state index contributed by atoms with van der Waals surface area (Å²) in [6.07, 6.45) is 7.13. The molecular formula is C19H23N3O2. The Bertz CT molecular complexity index is 747. The molecule has 0 radical (unpaired) electrons. The molecule has 24 heavy (non-hydrogen) atoms. The summed E-state index contributed by atoms with van der Waals surface area (Å²) in [5.41, 5.74) is 2.18. The summed E-state index contributed by atoms with van der Waals surface area (Å²) in [6.45, 7) is 2.60. The Morgan fingerprint density at radius 3 is 2.83 bits per heavy atom. The van der Waals surface area contributed by atoms with Crippen LogP contribution in [0.15, 0.2) is 30.5 Å². The van der Waals surface area contributed by atoms with Gasteiger partial charge in [0.2, 0.25) is 5.91 Å². The molecule has 0 spiro atoms. The summed E-state index contributed by atoms with van der Waals surface area (Å²) in [4.78, 5) is 12.4. The lowest BCUT2D eigenvalue weighted by Crippen LogP contribution is -2.26. The van der Waals surface area contributed by atoms with Crippen molar-refractivity contribution in [3.8, 4) is 5.75 Å². The predicted octanol–water partition coefficient (Wildman–Crippen LogP) is 3.87. The van der Waals surface area contributed by atoms with Crippen LogP contribution in [-0.2, 0) is 4.79 Å². The molecule has 1 amide bonds. The molecule has 1 fully saturated rings. The first-order valence-electron chi connectivity index (χ1n) is 8.87. The maximum Gasteiger partial charge on any atom is 0.226 e. The van der Waals surface area contributed by atoms with Crippen LogP contribution in [0.1, 0.15) is 62.1 Å². The van der Waals surface area contributed by atoms with Gasteiger partial charge in [-0.3, -0.25) is 4.79 Å². The number of carbonyl (C=O) groups excluding carboxylic acids is 1. The zero-order chi connectivity index (χ0) is 16.5. The molecule has 1 atom stereocenters. The van der Waals surface area contributed by atoms with Gasteiger partial charge in [-0.2, -0.15) is 5.10 Å². The Morgan fingerprint density at radius 2 is 2.04 bits per heavy atom. The molecule has 126 valence electrons. The summed E-state index contributed by atoms with van der Waals surface area (Å²) >= 11 is 0. The number of para-hydroxylation sites is 1. The number of amides is 1. The van der Waals surface area contributed by atoms with Crippen molar-refractivity contribution in [2.75, 3.05) is 11.9 Å². The van der Waals surface area contributed by atoms with Crippen molar-refractivity contribution >= 4 is 11.7 Å².